The molecule has 1 aliphatic rings. The Morgan fingerprint density at radius 3 is 2.32 bits per heavy atom. The van der Waals surface area contributed by atoms with Gasteiger partial charge >= 0.3 is 0 Å². The van der Waals surface area contributed by atoms with Gasteiger partial charge in [0.15, 0.2) is 0 Å². The predicted octanol–water partition coefficient (Wildman–Crippen LogP) is 4.52. The summed E-state index contributed by atoms with van der Waals surface area (Å²) in [5.74, 6) is 0.878. The van der Waals surface area contributed by atoms with Crippen molar-refractivity contribution in [2.45, 2.75) is 63.3 Å². The van der Waals surface area contributed by atoms with Crippen molar-refractivity contribution in [3.05, 3.63) is 35.4 Å². The summed E-state index contributed by atoms with van der Waals surface area (Å²) >= 11 is 0. The van der Waals surface area contributed by atoms with E-state index < -0.39 is 6.67 Å². The van der Waals surface area contributed by atoms with E-state index in [1.54, 1.807) is 0 Å². The van der Waals surface area contributed by atoms with Gasteiger partial charge in [0.2, 0.25) is 0 Å². The van der Waals surface area contributed by atoms with Crippen molar-refractivity contribution in [1.29, 1.82) is 0 Å². The fourth-order valence-corrected chi connectivity index (χ4v) is 3.34. The summed E-state index contributed by atoms with van der Waals surface area (Å²) in [6, 6.07) is 8.42. The summed E-state index contributed by atoms with van der Waals surface area (Å²) in [6.45, 7) is 1.64. The Labute approximate surface area is 116 Å². The summed E-state index contributed by atoms with van der Waals surface area (Å²) in [6.07, 6.45) is 7.64. The van der Waals surface area contributed by atoms with Crippen LogP contribution in [0.2, 0.25) is 0 Å². The first kappa shape index (κ1) is 14.5. The average Bonchev–Trinajstić information content (AvgIpc) is 2.49. The molecule has 1 aromatic rings. The van der Waals surface area contributed by atoms with Gasteiger partial charge in [0.25, 0.3) is 0 Å². The van der Waals surface area contributed by atoms with Gasteiger partial charge in [-0.3, -0.25) is 0 Å². The van der Waals surface area contributed by atoms with Crippen molar-refractivity contribution in [1.82, 2.24) is 0 Å². The Bertz CT molecular complexity index is 367. The first-order valence-corrected chi connectivity index (χ1v) is 7.67. The van der Waals surface area contributed by atoms with Crippen molar-refractivity contribution in [2.24, 2.45) is 5.73 Å². The standard InChI is InChI=1S/C17H26FN/c1-2-16(17(19)12-18)15-10-8-14(9-11-15)13-6-4-3-5-7-13/h8-11,13,16-17H,2-7,12,19H2,1H3. The third kappa shape index (κ3) is 3.56. The molecule has 1 nitrogen and oxygen atoms in total. The molecule has 1 saturated carbocycles. The van der Waals surface area contributed by atoms with E-state index in [1.807, 2.05) is 0 Å². The second-order valence-electron chi connectivity index (χ2n) is 5.83. The summed E-state index contributed by atoms with van der Waals surface area (Å²) in [7, 11) is 0. The summed E-state index contributed by atoms with van der Waals surface area (Å²) in [5, 5.41) is 0. The van der Waals surface area contributed by atoms with E-state index in [4.69, 9.17) is 5.73 Å². The first-order valence-electron chi connectivity index (χ1n) is 7.67. The van der Waals surface area contributed by atoms with Gasteiger partial charge in [-0.05, 0) is 36.3 Å². The van der Waals surface area contributed by atoms with Gasteiger partial charge in [-0.2, -0.15) is 0 Å². The van der Waals surface area contributed by atoms with E-state index in [9.17, 15) is 4.39 Å². The predicted molar refractivity (Wildman–Crippen MR) is 79.3 cm³/mol. The smallest absolute Gasteiger partial charge is 0.105 e. The minimum absolute atomic E-state index is 0.144. The molecular weight excluding hydrogens is 237 g/mol. The molecule has 0 bridgehead atoms. The molecule has 0 saturated heterocycles. The van der Waals surface area contributed by atoms with Crippen molar-refractivity contribution >= 4 is 0 Å². The molecule has 2 atom stereocenters. The molecule has 0 radical (unpaired) electrons. The molecule has 0 aromatic heterocycles. The minimum Gasteiger partial charge on any atom is -0.325 e. The molecule has 2 heteroatoms. The summed E-state index contributed by atoms with van der Waals surface area (Å²) in [5.41, 5.74) is 8.50. The van der Waals surface area contributed by atoms with Crippen molar-refractivity contribution < 1.29 is 4.39 Å². The van der Waals surface area contributed by atoms with E-state index in [2.05, 4.69) is 31.2 Å². The van der Waals surface area contributed by atoms with Crippen molar-refractivity contribution in [3.63, 3.8) is 0 Å². The molecule has 1 fully saturated rings. The molecular formula is C17H26FN. The third-order valence-corrected chi connectivity index (χ3v) is 4.58. The normalized spacial score (nSPS) is 20.2. The topological polar surface area (TPSA) is 26.0 Å². The van der Waals surface area contributed by atoms with Crippen LogP contribution in [0.25, 0.3) is 0 Å². The third-order valence-electron chi connectivity index (χ3n) is 4.58. The lowest BCUT2D eigenvalue weighted by Gasteiger charge is -2.24. The molecule has 1 aliphatic carbocycles. The fourth-order valence-electron chi connectivity index (χ4n) is 3.34. The van der Waals surface area contributed by atoms with Crippen LogP contribution in [0.3, 0.4) is 0 Å². The Balaban J connectivity index is 2.08. The summed E-state index contributed by atoms with van der Waals surface area (Å²) < 4.78 is 12.8. The molecule has 2 unspecified atom stereocenters. The van der Waals surface area contributed by atoms with Gasteiger partial charge in [-0.15, -0.1) is 0 Å². The van der Waals surface area contributed by atoms with Crippen LogP contribution in [0.15, 0.2) is 24.3 Å². The van der Waals surface area contributed by atoms with Crippen LogP contribution in [-0.2, 0) is 0 Å². The van der Waals surface area contributed by atoms with Crippen molar-refractivity contribution in [2.75, 3.05) is 6.67 Å². The Hall–Kier alpha value is -0.890. The number of halogens is 1. The molecule has 19 heavy (non-hydrogen) atoms. The lowest BCUT2D eigenvalue weighted by molar-refractivity contribution is 0.380. The Kier molecular flexibility index (Phi) is 5.38. The summed E-state index contributed by atoms with van der Waals surface area (Å²) in [4.78, 5) is 0. The lowest BCUT2D eigenvalue weighted by Crippen LogP contribution is -2.30. The van der Waals surface area contributed by atoms with Crippen LogP contribution in [-0.4, -0.2) is 12.7 Å². The first-order chi connectivity index (χ1) is 9.26. The molecule has 106 valence electrons. The fraction of sp³-hybridized carbons (Fsp3) is 0.647. The number of hydrogen-bond acceptors (Lipinski definition) is 1. The van der Waals surface area contributed by atoms with Gasteiger partial charge in [-0.25, -0.2) is 4.39 Å². The highest BCUT2D eigenvalue weighted by Gasteiger charge is 2.19. The average molecular weight is 263 g/mol. The highest BCUT2D eigenvalue weighted by atomic mass is 19.1. The molecule has 0 amide bonds. The van der Waals surface area contributed by atoms with Gasteiger partial charge in [0, 0.05) is 12.0 Å². The maximum Gasteiger partial charge on any atom is 0.105 e. The van der Waals surface area contributed by atoms with E-state index in [0.717, 1.165) is 12.3 Å². The molecule has 2 rings (SSSR count). The SMILES string of the molecule is CCC(c1ccc(C2CCCCC2)cc1)C(N)CF. The van der Waals surface area contributed by atoms with E-state index in [0.29, 0.717) is 0 Å². The maximum absolute atomic E-state index is 12.8. The van der Waals surface area contributed by atoms with Gasteiger partial charge in [0.05, 0.1) is 0 Å². The molecule has 0 heterocycles. The second kappa shape index (κ2) is 7.04. The largest absolute Gasteiger partial charge is 0.325 e. The van der Waals surface area contributed by atoms with Crippen LogP contribution in [0.5, 0.6) is 0 Å². The Morgan fingerprint density at radius 1 is 1.16 bits per heavy atom. The monoisotopic (exact) mass is 263 g/mol. The number of hydrogen-bond donors (Lipinski definition) is 1. The van der Waals surface area contributed by atoms with E-state index in [1.165, 1.54) is 43.2 Å². The van der Waals surface area contributed by atoms with Gasteiger partial charge in [0.1, 0.15) is 6.67 Å². The molecule has 0 spiro atoms. The number of benzene rings is 1. The second-order valence-corrected chi connectivity index (χ2v) is 5.83. The highest BCUT2D eigenvalue weighted by Crippen LogP contribution is 2.33. The maximum atomic E-state index is 12.8. The Morgan fingerprint density at radius 2 is 1.79 bits per heavy atom. The lowest BCUT2D eigenvalue weighted by atomic mass is 9.82. The quantitative estimate of drug-likeness (QED) is 0.830. The minimum atomic E-state index is -0.442. The van der Waals surface area contributed by atoms with Crippen molar-refractivity contribution in [3.8, 4) is 0 Å². The molecule has 2 N–H and O–H groups in total. The number of nitrogens with two attached hydrogens (primary N) is 1. The van der Waals surface area contributed by atoms with Gasteiger partial charge in [-0.1, -0.05) is 50.5 Å². The molecule has 0 aliphatic heterocycles. The van der Waals surface area contributed by atoms with Crippen LogP contribution in [0.4, 0.5) is 4.39 Å². The zero-order valence-corrected chi connectivity index (χ0v) is 11.9. The zero-order valence-electron chi connectivity index (χ0n) is 11.9. The van der Waals surface area contributed by atoms with Crippen LogP contribution in [0.1, 0.15) is 68.4 Å². The van der Waals surface area contributed by atoms with E-state index in [-0.39, 0.29) is 12.0 Å². The van der Waals surface area contributed by atoms with E-state index >= 15 is 0 Å². The number of alkyl halides is 1. The van der Waals surface area contributed by atoms with Crippen LogP contribution < -0.4 is 5.73 Å². The van der Waals surface area contributed by atoms with Crippen LogP contribution >= 0.6 is 0 Å². The van der Waals surface area contributed by atoms with Crippen LogP contribution in [0, 0.1) is 0 Å². The molecule has 1 aromatic carbocycles. The number of rotatable bonds is 5. The zero-order chi connectivity index (χ0) is 13.7. The van der Waals surface area contributed by atoms with Gasteiger partial charge < -0.3 is 5.73 Å². The highest BCUT2D eigenvalue weighted by molar-refractivity contribution is 5.29.